The summed E-state index contributed by atoms with van der Waals surface area (Å²) in [6.45, 7) is 5.30. The molecule has 0 bridgehead atoms. The van der Waals surface area contributed by atoms with Crippen LogP contribution >= 0.6 is 0 Å². The normalized spacial score (nSPS) is 10.5. The van der Waals surface area contributed by atoms with Crippen LogP contribution in [0.1, 0.15) is 18.3 Å². The van der Waals surface area contributed by atoms with Crippen LogP contribution in [0.3, 0.4) is 0 Å². The number of nitrogens with zero attached hydrogens (tertiary/aromatic N) is 5. The van der Waals surface area contributed by atoms with Crippen molar-refractivity contribution >= 4 is 17.6 Å². The Kier molecular flexibility index (Phi) is 4.65. The molecule has 2 aromatic rings. The summed E-state index contributed by atoms with van der Waals surface area (Å²) in [4.78, 5) is 16.6. The molecule has 0 aliphatic rings. The van der Waals surface area contributed by atoms with Crippen LogP contribution in [0, 0.1) is 6.92 Å². The summed E-state index contributed by atoms with van der Waals surface area (Å²) in [5, 5.41) is 9.71. The van der Waals surface area contributed by atoms with E-state index in [0.29, 0.717) is 18.3 Å². The second kappa shape index (κ2) is 6.46. The van der Waals surface area contributed by atoms with Gasteiger partial charge in [-0.05, 0) is 25.5 Å². The Morgan fingerprint density at radius 3 is 2.55 bits per heavy atom. The maximum Gasteiger partial charge on any atom is 0.229 e. The molecule has 118 valence electrons. The van der Waals surface area contributed by atoms with Crippen molar-refractivity contribution in [3.8, 4) is 5.75 Å². The lowest BCUT2D eigenvalue weighted by atomic mass is 10.1. The van der Waals surface area contributed by atoms with Gasteiger partial charge in [0.2, 0.25) is 11.9 Å². The van der Waals surface area contributed by atoms with Gasteiger partial charge in [0.25, 0.3) is 0 Å². The van der Waals surface area contributed by atoms with Gasteiger partial charge in [0.15, 0.2) is 5.82 Å². The summed E-state index contributed by atoms with van der Waals surface area (Å²) in [6.07, 6.45) is 0. The van der Waals surface area contributed by atoms with Gasteiger partial charge < -0.3 is 20.6 Å². The van der Waals surface area contributed by atoms with Crippen LogP contribution in [0.4, 0.5) is 17.6 Å². The Bertz CT molecular complexity index is 658. The second-order valence-electron chi connectivity index (χ2n) is 5.29. The SMILES string of the molecule is CCN(Cc1nc(N)nc(N(C)C)n1)c1cc(O)ccc1C. The maximum absolute atomic E-state index is 9.71. The standard InChI is InChI=1S/C15H22N6O/c1-5-21(12-8-11(22)7-6-10(12)2)9-13-17-14(16)19-15(18-13)20(3)4/h6-8,22H,5,9H2,1-4H3,(H2,16,17,18,19). The first-order chi connectivity index (χ1) is 10.4. The highest BCUT2D eigenvalue weighted by Gasteiger charge is 2.13. The van der Waals surface area contributed by atoms with E-state index in [-0.39, 0.29) is 11.7 Å². The number of phenols is 1. The lowest BCUT2D eigenvalue weighted by molar-refractivity contribution is 0.475. The van der Waals surface area contributed by atoms with Crippen molar-refractivity contribution in [3.05, 3.63) is 29.6 Å². The number of phenolic OH excluding ortho intramolecular Hbond substituents is 1. The highest BCUT2D eigenvalue weighted by molar-refractivity contribution is 5.56. The molecule has 22 heavy (non-hydrogen) atoms. The Balaban J connectivity index is 2.32. The molecule has 7 heteroatoms. The summed E-state index contributed by atoms with van der Waals surface area (Å²) in [6, 6.07) is 5.31. The largest absolute Gasteiger partial charge is 0.508 e. The quantitative estimate of drug-likeness (QED) is 0.866. The molecule has 7 nitrogen and oxygen atoms in total. The molecule has 0 saturated heterocycles. The van der Waals surface area contributed by atoms with Crippen molar-refractivity contribution in [2.24, 2.45) is 0 Å². The number of nitrogen functional groups attached to an aromatic ring is 1. The molecule has 2 rings (SSSR count). The van der Waals surface area contributed by atoms with Crippen molar-refractivity contribution in [2.45, 2.75) is 20.4 Å². The third-order valence-corrected chi connectivity index (χ3v) is 3.33. The average Bonchev–Trinajstić information content (AvgIpc) is 2.47. The van der Waals surface area contributed by atoms with Crippen molar-refractivity contribution in [3.63, 3.8) is 0 Å². The van der Waals surface area contributed by atoms with Crippen molar-refractivity contribution in [1.29, 1.82) is 0 Å². The molecule has 0 amide bonds. The van der Waals surface area contributed by atoms with Gasteiger partial charge in [0.05, 0.1) is 6.54 Å². The second-order valence-corrected chi connectivity index (χ2v) is 5.29. The van der Waals surface area contributed by atoms with E-state index in [1.54, 1.807) is 17.0 Å². The molecule has 1 heterocycles. The van der Waals surface area contributed by atoms with Crippen LogP contribution in [-0.2, 0) is 6.54 Å². The summed E-state index contributed by atoms with van der Waals surface area (Å²) >= 11 is 0. The minimum Gasteiger partial charge on any atom is -0.508 e. The van der Waals surface area contributed by atoms with Crippen LogP contribution in [0.2, 0.25) is 0 Å². The maximum atomic E-state index is 9.71. The molecule has 0 saturated carbocycles. The zero-order chi connectivity index (χ0) is 16.3. The predicted octanol–water partition coefficient (Wildman–Crippen LogP) is 1.56. The topological polar surface area (TPSA) is 91.4 Å². The highest BCUT2D eigenvalue weighted by atomic mass is 16.3. The summed E-state index contributed by atoms with van der Waals surface area (Å²) < 4.78 is 0. The van der Waals surface area contributed by atoms with E-state index in [2.05, 4.69) is 19.9 Å². The van der Waals surface area contributed by atoms with Gasteiger partial charge in [-0.25, -0.2) is 0 Å². The molecule has 0 unspecified atom stereocenters. The zero-order valence-electron chi connectivity index (χ0n) is 13.4. The van der Waals surface area contributed by atoms with Gasteiger partial charge in [-0.1, -0.05) is 6.07 Å². The first-order valence-electron chi connectivity index (χ1n) is 7.13. The smallest absolute Gasteiger partial charge is 0.229 e. The van der Waals surface area contributed by atoms with Crippen molar-refractivity contribution in [1.82, 2.24) is 15.0 Å². The number of aryl methyl sites for hydroxylation is 1. The van der Waals surface area contributed by atoms with E-state index in [1.165, 1.54) is 0 Å². The average molecular weight is 302 g/mol. The van der Waals surface area contributed by atoms with Gasteiger partial charge in [-0.15, -0.1) is 0 Å². The monoisotopic (exact) mass is 302 g/mol. The highest BCUT2D eigenvalue weighted by Crippen LogP contribution is 2.26. The van der Waals surface area contributed by atoms with Gasteiger partial charge >= 0.3 is 0 Å². The number of hydrogen-bond donors (Lipinski definition) is 2. The number of hydrogen-bond acceptors (Lipinski definition) is 7. The number of nitrogens with two attached hydrogens (primary N) is 1. The van der Waals surface area contributed by atoms with Crippen LogP contribution in [0.15, 0.2) is 18.2 Å². The molecular formula is C15H22N6O. The van der Waals surface area contributed by atoms with E-state index >= 15 is 0 Å². The number of benzene rings is 1. The van der Waals surface area contributed by atoms with E-state index in [4.69, 9.17) is 5.73 Å². The lowest BCUT2D eigenvalue weighted by Crippen LogP contribution is -2.25. The lowest BCUT2D eigenvalue weighted by Gasteiger charge is -2.24. The van der Waals surface area contributed by atoms with Crippen molar-refractivity contribution in [2.75, 3.05) is 36.2 Å². The minimum absolute atomic E-state index is 0.206. The molecular weight excluding hydrogens is 280 g/mol. The van der Waals surface area contributed by atoms with Crippen LogP contribution < -0.4 is 15.5 Å². The molecule has 1 aromatic carbocycles. The van der Waals surface area contributed by atoms with E-state index in [1.807, 2.05) is 34.0 Å². The molecule has 3 N–H and O–H groups in total. The molecule has 1 aromatic heterocycles. The number of rotatable bonds is 5. The van der Waals surface area contributed by atoms with Gasteiger partial charge in [-0.2, -0.15) is 15.0 Å². The van der Waals surface area contributed by atoms with E-state index in [9.17, 15) is 5.11 Å². The molecule has 0 fully saturated rings. The molecule has 0 atom stereocenters. The number of aromatic nitrogens is 3. The first-order valence-corrected chi connectivity index (χ1v) is 7.13. The third kappa shape index (κ3) is 3.55. The Morgan fingerprint density at radius 2 is 1.91 bits per heavy atom. The van der Waals surface area contributed by atoms with Gasteiger partial charge in [0.1, 0.15) is 5.75 Å². The van der Waals surface area contributed by atoms with Crippen LogP contribution in [0.25, 0.3) is 0 Å². The Hall–Kier alpha value is -2.57. The fourth-order valence-corrected chi connectivity index (χ4v) is 2.17. The van der Waals surface area contributed by atoms with Crippen molar-refractivity contribution < 1.29 is 5.11 Å². The number of anilines is 3. The summed E-state index contributed by atoms with van der Waals surface area (Å²) in [7, 11) is 3.71. The third-order valence-electron chi connectivity index (χ3n) is 3.33. The van der Waals surface area contributed by atoms with Gasteiger partial charge in [0, 0.05) is 32.4 Å². The zero-order valence-corrected chi connectivity index (χ0v) is 13.4. The van der Waals surface area contributed by atoms with Crippen LogP contribution in [0.5, 0.6) is 5.75 Å². The first kappa shape index (κ1) is 15.8. The summed E-state index contributed by atoms with van der Waals surface area (Å²) in [5.41, 5.74) is 7.79. The molecule has 0 spiro atoms. The Labute approximate surface area is 130 Å². The fourth-order valence-electron chi connectivity index (χ4n) is 2.17. The molecule has 0 aliphatic carbocycles. The molecule has 0 aliphatic heterocycles. The fraction of sp³-hybridized carbons (Fsp3) is 0.400. The van der Waals surface area contributed by atoms with E-state index < -0.39 is 0 Å². The number of aromatic hydroxyl groups is 1. The van der Waals surface area contributed by atoms with Gasteiger partial charge in [-0.3, -0.25) is 0 Å². The van der Waals surface area contributed by atoms with Crippen LogP contribution in [-0.4, -0.2) is 40.7 Å². The molecule has 0 radical (unpaired) electrons. The summed E-state index contributed by atoms with van der Waals surface area (Å²) in [5.74, 6) is 1.58. The van der Waals surface area contributed by atoms with E-state index in [0.717, 1.165) is 17.8 Å². The minimum atomic E-state index is 0.206. The Morgan fingerprint density at radius 1 is 1.18 bits per heavy atom. The predicted molar refractivity (Wildman–Crippen MR) is 88.1 cm³/mol.